The zero-order chi connectivity index (χ0) is 14.4. The van der Waals surface area contributed by atoms with Crippen molar-refractivity contribution in [1.82, 2.24) is 5.32 Å². The van der Waals surface area contributed by atoms with Crippen molar-refractivity contribution in [1.29, 1.82) is 0 Å². The van der Waals surface area contributed by atoms with Gasteiger partial charge in [-0.3, -0.25) is 4.79 Å². The molecular formula is C15H21ClN2OS. The number of amides is 1. The molecule has 1 aromatic rings. The van der Waals surface area contributed by atoms with Crippen molar-refractivity contribution < 1.29 is 4.79 Å². The average Bonchev–Trinajstić information content (AvgIpc) is 2.96. The van der Waals surface area contributed by atoms with Crippen LogP contribution in [0, 0.1) is 0 Å². The van der Waals surface area contributed by atoms with Crippen LogP contribution >= 0.6 is 23.4 Å². The Morgan fingerprint density at radius 2 is 2.35 bits per heavy atom. The number of carbonyl (C=O) groups excluding carboxylic acids is 1. The van der Waals surface area contributed by atoms with Gasteiger partial charge in [0.25, 0.3) is 5.91 Å². The molecule has 2 rings (SSSR count). The van der Waals surface area contributed by atoms with Crippen molar-refractivity contribution >= 4 is 35.0 Å². The van der Waals surface area contributed by atoms with Crippen molar-refractivity contribution in [2.45, 2.75) is 31.4 Å². The number of hydrogen-bond acceptors (Lipinski definition) is 3. The molecule has 0 spiro atoms. The van der Waals surface area contributed by atoms with E-state index in [1.165, 1.54) is 18.6 Å². The lowest BCUT2D eigenvalue weighted by atomic mass is 10.1. The molecule has 0 saturated carbocycles. The standard InChI is InChI=1S/C15H21ClN2OS/c1-2-7-17-14-6-5-11(16)9-13(14)15(19)18-10-12-4-3-8-20-12/h5-6,9,12,17H,2-4,7-8,10H2,1H3,(H,18,19). The summed E-state index contributed by atoms with van der Waals surface area (Å²) in [6.45, 7) is 3.68. The second-order valence-electron chi connectivity index (χ2n) is 4.96. The summed E-state index contributed by atoms with van der Waals surface area (Å²) in [5.74, 6) is 1.17. The van der Waals surface area contributed by atoms with Crippen molar-refractivity contribution in [3.05, 3.63) is 28.8 Å². The van der Waals surface area contributed by atoms with Crippen molar-refractivity contribution in [3.63, 3.8) is 0 Å². The minimum atomic E-state index is -0.0430. The van der Waals surface area contributed by atoms with E-state index in [0.717, 1.165) is 25.2 Å². The fraction of sp³-hybridized carbons (Fsp3) is 0.533. The highest BCUT2D eigenvalue weighted by Gasteiger charge is 2.18. The predicted octanol–water partition coefficient (Wildman–Crippen LogP) is 3.79. The molecule has 0 bridgehead atoms. The zero-order valence-electron chi connectivity index (χ0n) is 11.7. The quantitative estimate of drug-likeness (QED) is 0.839. The molecule has 2 N–H and O–H groups in total. The van der Waals surface area contributed by atoms with Crippen molar-refractivity contribution in [3.8, 4) is 0 Å². The number of hydrogen-bond donors (Lipinski definition) is 2. The molecule has 1 aromatic carbocycles. The van der Waals surface area contributed by atoms with Crippen LogP contribution in [0.25, 0.3) is 0 Å². The van der Waals surface area contributed by atoms with Gasteiger partial charge in [-0.1, -0.05) is 18.5 Å². The first-order valence-corrected chi connectivity index (χ1v) is 8.56. The molecular weight excluding hydrogens is 292 g/mol. The van der Waals surface area contributed by atoms with E-state index in [9.17, 15) is 4.79 Å². The fourth-order valence-electron chi connectivity index (χ4n) is 2.23. The van der Waals surface area contributed by atoms with E-state index in [0.29, 0.717) is 15.8 Å². The number of rotatable bonds is 6. The van der Waals surface area contributed by atoms with Crippen molar-refractivity contribution in [2.24, 2.45) is 0 Å². The Hall–Kier alpha value is -0.870. The van der Waals surface area contributed by atoms with Gasteiger partial charge >= 0.3 is 0 Å². The highest BCUT2D eigenvalue weighted by atomic mass is 35.5. The number of benzene rings is 1. The third-order valence-corrected chi connectivity index (χ3v) is 4.94. The van der Waals surface area contributed by atoms with Crippen LogP contribution in [0.15, 0.2) is 18.2 Å². The third kappa shape index (κ3) is 4.32. The van der Waals surface area contributed by atoms with Gasteiger partial charge in [-0.2, -0.15) is 11.8 Å². The predicted molar refractivity (Wildman–Crippen MR) is 88.0 cm³/mol. The highest BCUT2D eigenvalue weighted by molar-refractivity contribution is 8.00. The first-order valence-electron chi connectivity index (χ1n) is 7.14. The summed E-state index contributed by atoms with van der Waals surface area (Å²) in [4.78, 5) is 12.3. The Morgan fingerprint density at radius 1 is 1.50 bits per heavy atom. The molecule has 1 fully saturated rings. The average molecular weight is 313 g/mol. The van der Waals surface area contributed by atoms with Crippen LogP contribution in [-0.2, 0) is 0 Å². The molecule has 110 valence electrons. The van der Waals surface area contributed by atoms with Crippen LogP contribution in [-0.4, -0.2) is 30.0 Å². The summed E-state index contributed by atoms with van der Waals surface area (Å²) >= 11 is 7.95. The Morgan fingerprint density at radius 3 is 3.05 bits per heavy atom. The summed E-state index contributed by atoms with van der Waals surface area (Å²) in [7, 11) is 0. The first-order chi connectivity index (χ1) is 9.70. The van der Waals surface area contributed by atoms with Gasteiger partial charge in [0.15, 0.2) is 0 Å². The fourth-order valence-corrected chi connectivity index (χ4v) is 3.60. The third-order valence-electron chi connectivity index (χ3n) is 3.31. The van der Waals surface area contributed by atoms with E-state index in [-0.39, 0.29) is 5.91 Å². The monoisotopic (exact) mass is 312 g/mol. The number of nitrogens with one attached hydrogen (secondary N) is 2. The molecule has 0 aromatic heterocycles. The van der Waals surface area contributed by atoms with Gasteiger partial charge in [0.1, 0.15) is 0 Å². The van der Waals surface area contributed by atoms with Crippen LogP contribution in [0.1, 0.15) is 36.5 Å². The van der Waals surface area contributed by atoms with Gasteiger partial charge < -0.3 is 10.6 Å². The summed E-state index contributed by atoms with van der Waals surface area (Å²) in [5.41, 5.74) is 1.49. The normalized spacial score (nSPS) is 18.0. The largest absolute Gasteiger partial charge is 0.384 e. The van der Waals surface area contributed by atoms with Crippen molar-refractivity contribution in [2.75, 3.05) is 24.2 Å². The second kappa shape index (κ2) is 7.79. The lowest BCUT2D eigenvalue weighted by Crippen LogP contribution is -2.30. The second-order valence-corrected chi connectivity index (χ2v) is 6.81. The molecule has 0 aliphatic carbocycles. The molecule has 20 heavy (non-hydrogen) atoms. The number of thioether (sulfide) groups is 1. The first kappa shape index (κ1) is 15.5. The molecule has 1 saturated heterocycles. The zero-order valence-corrected chi connectivity index (χ0v) is 13.3. The van der Waals surface area contributed by atoms with Gasteiger partial charge in [-0.05, 0) is 43.2 Å². The van der Waals surface area contributed by atoms with E-state index in [4.69, 9.17) is 11.6 Å². The van der Waals surface area contributed by atoms with Crippen LogP contribution in [0.2, 0.25) is 5.02 Å². The Balaban J connectivity index is 2.00. The van der Waals surface area contributed by atoms with Gasteiger partial charge in [-0.15, -0.1) is 0 Å². The molecule has 1 unspecified atom stereocenters. The molecule has 0 radical (unpaired) electrons. The highest BCUT2D eigenvalue weighted by Crippen LogP contribution is 2.26. The number of carbonyl (C=O) groups is 1. The Kier molecular flexibility index (Phi) is 6.05. The van der Waals surface area contributed by atoms with E-state index in [1.807, 2.05) is 23.9 Å². The van der Waals surface area contributed by atoms with Gasteiger partial charge in [-0.25, -0.2) is 0 Å². The summed E-state index contributed by atoms with van der Waals surface area (Å²) in [6.07, 6.45) is 3.47. The van der Waals surface area contributed by atoms with Crippen LogP contribution < -0.4 is 10.6 Å². The SMILES string of the molecule is CCCNc1ccc(Cl)cc1C(=O)NCC1CCCS1. The summed E-state index contributed by atoms with van der Waals surface area (Å²) < 4.78 is 0. The van der Waals surface area contributed by atoms with Gasteiger partial charge in [0, 0.05) is 29.0 Å². The Labute approximate surface area is 129 Å². The lowest BCUT2D eigenvalue weighted by molar-refractivity contribution is 0.0954. The topological polar surface area (TPSA) is 41.1 Å². The van der Waals surface area contributed by atoms with E-state index >= 15 is 0 Å². The summed E-state index contributed by atoms with van der Waals surface area (Å²) in [6, 6.07) is 5.41. The molecule has 1 aliphatic heterocycles. The maximum Gasteiger partial charge on any atom is 0.253 e. The minimum Gasteiger partial charge on any atom is -0.384 e. The van der Waals surface area contributed by atoms with Crippen LogP contribution in [0.3, 0.4) is 0 Å². The number of halogens is 1. The minimum absolute atomic E-state index is 0.0430. The molecule has 1 amide bonds. The lowest BCUT2D eigenvalue weighted by Gasteiger charge is -2.14. The summed E-state index contributed by atoms with van der Waals surface area (Å²) in [5, 5.41) is 7.45. The number of anilines is 1. The van der Waals surface area contributed by atoms with E-state index in [2.05, 4.69) is 17.6 Å². The van der Waals surface area contributed by atoms with E-state index in [1.54, 1.807) is 6.07 Å². The van der Waals surface area contributed by atoms with Crippen LogP contribution in [0.5, 0.6) is 0 Å². The molecule has 1 atom stereocenters. The maximum atomic E-state index is 12.3. The molecule has 3 nitrogen and oxygen atoms in total. The molecule has 5 heteroatoms. The van der Waals surface area contributed by atoms with Gasteiger partial charge in [0.05, 0.1) is 5.56 Å². The molecule has 1 heterocycles. The smallest absolute Gasteiger partial charge is 0.253 e. The van der Waals surface area contributed by atoms with E-state index < -0.39 is 0 Å². The molecule has 1 aliphatic rings. The maximum absolute atomic E-state index is 12.3. The van der Waals surface area contributed by atoms with Crippen LogP contribution in [0.4, 0.5) is 5.69 Å². The van der Waals surface area contributed by atoms with Gasteiger partial charge in [0.2, 0.25) is 0 Å². The Bertz CT molecular complexity index is 461.